The van der Waals surface area contributed by atoms with Gasteiger partial charge in [0.05, 0.1) is 58.4 Å². The fourth-order valence-electron chi connectivity index (χ4n) is 3.30. The Labute approximate surface area is 232 Å². The van der Waals surface area contributed by atoms with Crippen molar-refractivity contribution in [3.63, 3.8) is 0 Å². The Morgan fingerprint density at radius 1 is 0.892 bits per heavy atom. The van der Waals surface area contributed by atoms with E-state index in [9.17, 15) is 9.59 Å². The maximum Gasteiger partial charge on any atom is 0.338 e. The van der Waals surface area contributed by atoms with Gasteiger partial charge >= 0.3 is 11.9 Å². The molecule has 1 saturated heterocycles. The zero-order valence-electron chi connectivity index (χ0n) is 21.4. The molecule has 0 bridgehead atoms. The first kappa shape index (κ1) is 30.9. The molecular formula is C28H35IO8. The van der Waals surface area contributed by atoms with E-state index in [2.05, 4.69) is 27.3 Å². The maximum atomic E-state index is 11.7. The van der Waals surface area contributed by atoms with E-state index < -0.39 is 0 Å². The number of halogens is 1. The third-order valence-electron chi connectivity index (χ3n) is 5.20. The lowest BCUT2D eigenvalue weighted by molar-refractivity contribution is -0.169. The molecular weight excluding hydrogens is 591 g/mol. The van der Waals surface area contributed by atoms with Gasteiger partial charge in [0.15, 0.2) is 6.29 Å². The van der Waals surface area contributed by atoms with Crippen LogP contribution in [0.5, 0.6) is 0 Å². The maximum absolute atomic E-state index is 11.7. The summed E-state index contributed by atoms with van der Waals surface area (Å²) >= 11 is 2.10. The number of methoxy groups -OCH3 is 2. The van der Waals surface area contributed by atoms with Crippen LogP contribution in [0.25, 0.3) is 6.08 Å². The van der Waals surface area contributed by atoms with E-state index in [4.69, 9.17) is 23.7 Å². The molecule has 3 rings (SSSR count). The predicted molar refractivity (Wildman–Crippen MR) is 148 cm³/mol. The number of esters is 2. The Kier molecular flexibility index (Phi) is 15.8. The predicted octanol–water partition coefficient (Wildman–Crippen LogP) is 5.14. The molecule has 2 aromatic carbocycles. The molecule has 8 nitrogen and oxygen atoms in total. The first-order chi connectivity index (χ1) is 18.1. The molecule has 1 fully saturated rings. The Bertz CT molecular complexity index is 972. The normalized spacial score (nSPS) is 15.1. The highest BCUT2D eigenvalue weighted by Gasteiger charge is 2.13. The van der Waals surface area contributed by atoms with Gasteiger partial charge in [0.25, 0.3) is 0 Å². The van der Waals surface area contributed by atoms with Gasteiger partial charge in [-0.15, -0.1) is 0 Å². The summed E-state index contributed by atoms with van der Waals surface area (Å²) in [6, 6.07) is 14.6. The van der Waals surface area contributed by atoms with E-state index >= 15 is 0 Å². The molecule has 1 heterocycles. The van der Waals surface area contributed by atoms with Gasteiger partial charge in [-0.05, 0) is 65.6 Å². The van der Waals surface area contributed by atoms with Crippen LogP contribution in [0.4, 0.5) is 0 Å². The molecule has 0 saturated carbocycles. The van der Waals surface area contributed by atoms with E-state index in [1.807, 2.05) is 48.6 Å². The second kappa shape index (κ2) is 18.9. The molecule has 0 amide bonds. The van der Waals surface area contributed by atoms with Crippen LogP contribution >= 0.6 is 22.6 Å². The molecule has 0 aliphatic carbocycles. The van der Waals surface area contributed by atoms with E-state index in [-0.39, 0.29) is 18.2 Å². The zero-order chi connectivity index (χ0) is 26.7. The van der Waals surface area contributed by atoms with Crippen LogP contribution in [0.2, 0.25) is 0 Å². The van der Waals surface area contributed by atoms with Crippen molar-refractivity contribution < 1.29 is 38.0 Å². The third kappa shape index (κ3) is 12.2. The number of carbonyl (C=O) groups is 2. The summed E-state index contributed by atoms with van der Waals surface area (Å²) < 4.78 is 32.3. The average molecular weight is 626 g/mol. The van der Waals surface area contributed by atoms with Crippen molar-refractivity contribution in [3.8, 4) is 0 Å². The standard InChI is InChI=1S/C20H28O6.C8H7IO2/c1-22-20(21)18-9-3-2-7-17(18)8-6-11-23-13-14-24-15-16-26-19-10-4-5-12-25-19;1-11-8(10)6-4-2-3-5-7(6)9/h2-3,6-9,19H,4-5,10-16H2,1H3;2-5H,1H3/b8-6+;. The van der Waals surface area contributed by atoms with Crippen LogP contribution in [0.1, 0.15) is 45.5 Å². The van der Waals surface area contributed by atoms with Crippen molar-refractivity contribution in [1.82, 2.24) is 0 Å². The monoisotopic (exact) mass is 626 g/mol. The molecule has 0 spiro atoms. The summed E-state index contributed by atoms with van der Waals surface area (Å²) in [7, 11) is 2.75. The van der Waals surface area contributed by atoms with E-state index in [0.717, 1.165) is 35.0 Å². The van der Waals surface area contributed by atoms with Crippen molar-refractivity contribution in [2.75, 3.05) is 53.9 Å². The molecule has 1 aliphatic rings. The summed E-state index contributed by atoms with van der Waals surface area (Å²) in [5, 5.41) is 0. The first-order valence-electron chi connectivity index (χ1n) is 12.1. The Morgan fingerprint density at radius 2 is 1.54 bits per heavy atom. The summed E-state index contributed by atoms with van der Waals surface area (Å²) in [6.45, 7) is 3.33. The highest BCUT2D eigenvalue weighted by Crippen LogP contribution is 2.14. The molecule has 1 aliphatic heterocycles. The van der Waals surface area contributed by atoms with Crippen LogP contribution in [0.15, 0.2) is 54.6 Å². The first-order valence-corrected chi connectivity index (χ1v) is 13.2. The molecule has 1 atom stereocenters. The summed E-state index contributed by atoms with van der Waals surface area (Å²) in [4.78, 5) is 22.7. The molecule has 202 valence electrons. The fraction of sp³-hybridized carbons (Fsp3) is 0.429. The fourth-order valence-corrected chi connectivity index (χ4v) is 3.91. The van der Waals surface area contributed by atoms with Gasteiger partial charge < -0.3 is 28.4 Å². The lowest BCUT2D eigenvalue weighted by atomic mass is 10.1. The molecule has 9 heteroatoms. The second-order valence-corrected chi connectivity index (χ2v) is 8.97. The van der Waals surface area contributed by atoms with Crippen LogP contribution in [0, 0.1) is 3.57 Å². The number of hydrogen-bond donors (Lipinski definition) is 0. The number of carbonyl (C=O) groups excluding carboxylic acids is 2. The van der Waals surface area contributed by atoms with Crippen LogP contribution in [-0.2, 0) is 28.4 Å². The average Bonchev–Trinajstić information content (AvgIpc) is 2.94. The van der Waals surface area contributed by atoms with Crippen LogP contribution in [0.3, 0.4) is 0 Å². The SMILES string of the molecule is COC(=O)c1ccccc1/C=C/COCCOCCOC1CCCCO1.COC(=O)c1ccccc1I. The quantitative estimate of drug-likeness (QED) is 0.182. The Balaban J connectivity index is 0.000000364. The lowest BCUT2D eigenvalue weighted by Crippen LogP contribution is -2.24. The third-order valence-corrected chi connectivity index (χ3v) is 6.14. The zero-order valence-corrected chi connectivity index (χ0v) is 23.5. The summed E-state index contributed by atoms with van der Waals surface area (Å²) in [6.07, 6.45) is 6.90. The largest absolute Gasteiger partial charge is 0.465 e. The van der Waals surface area contributed by atoms with Gasteiger partial charge in [0, 0.05) is 10.2 Å². The minimum absolute atomic E-state index is 0.0680. The minimum Gasteiger partial charge on any atom is -0.465 e. The number of rotatable bonds is 12. The van der Waals surface area contributed by atoms with Gasteiger partial charge in [0.1, 0.15) is 0 Å². The van der Waals surface area contributed by atoms with Crippen LogP contribution < -0.4 is 0 Å². The molecule has 0 radical (unpaired) electrons. The summed E-state index contributed by atoms with van der Waals surface area (Å²) in [5.74, 6) is -0.629. The molecule has 0 N–H and O–H groups in total. The van der Waals surface area contributed by atoms with Gasteiger partial charge in [-0.2, -0.15) is 0 Å². The van der Waals surface area contributed by atoms with E-state index in [1.54, 1.807) is 12.1 Å². The van der Waals surface area contributed by atoms with E-state index in [1.165, 1.54) is 14.2 Å². The van der Waals surface area contributed by atoms with Crippen molar-refractivity contribution in [3.05, 3.63) is 74.9 Å². The van der Waals surface area contributed by atoms with Crippen molar-refractivity contribution in [1.29, 1.82) is 0 Å². The van der Waals surface area contributed by atoms with Gasteiger partial charge in [0.2, 0.25) is 0 Å². The smallest absolute Gasteiger partial charge is 0.338 e. The highest BCUT2D eigenvalue weighted by molar-refractivity contribution is 14.1. The van der Waals surface area contributed by atoms with Crippen LogP contribution in [-0.4, -0.2) is 72.1 Å². The Morgan fingerprint density at radius 3 is 2.24 bits per heavy atom. The summed E-state index contributed by atoms with van der Waals surface area (Å²) in [5.41, 5.74) is 1.97. The minimum atomic E-state index is -0.347. The second-order valence-electron chi connectivity index (χ2n) is 7.81. The number of hydrogen-bond acceptors (Lipinski definition) is 8. The van der Waals surface area contributed by atoms with Crippen molar-refractivity contribution in [2.45, 2.75) is 25.6 Å². The lowest BCUT2D eigenvalue weighted by Gasteiger charge is -2.22. The molecule has 2 aromatic rings. The molecule has 1 unspecified atom stereocenters. The molecule has 0 aromatic heterocycles. The Hall–Kier alpha value is -2.31. The van der Waals surface area contributed by atoms with Gasteiger partial charge in [-0.25, -0.2) is 9.59 Å². The van der Waals surface area contributed by atoms with Crippen molar-refractivity contribution >= 4 is 40.6 Å². The molecule has 37 heavy (non-hydrogen) atoms. The number of benzene rings is 2. The van der Waals surface area contributed by atoms with E-state index in [0.29, 0.717) is 44.2 Å². The van der Waals surface area contributed by atoms with Gasteiger partial charge in [-0.1, -0.05) is 42.5 Å². The van der Waals surface area contributed by atoms with Gasteiger partial charge in [-0.3, -0.25) is 0 Å². The highest BCUT2D eigenvalue weighted by atomic mass is 127. The number of ether oxygens (including phenoxy) is 6. The van der Waals surface area contributed by atoms with Crippen molar-refractivity contribution in [2.24, 2.45) is 0 Å². The topological polar surface area (TPSA) is 89.5 Å².